The quantitative estimate of drug-likeness (QED) is 0.532. The molecule has 162 valence electrons. The Labute approximate surface area is 180 Å². The molecule has 2 aromatic carbocycles. The number of ketones is 2. The van der Waals surface area contributed by atoms with Crippen LogP contribution in [0.2, 0.25) is 0 Å². The summed E-state index contributed by atoms with van der Waals surface area (Å²) in [5.41, 5.74) is 0.738. The Morgan fingerprint density at radius 2 is 1.65 bits per heavy atom. The van der Waals surface area contributed by atoms with E-state index in [0.29, 0.717) is 17.1 Å². The number of aliphatic hydroxyl groups excluding tert-OH is 1. The van der Waals surface area contributed by atoms with Gasteiger partial charge in [-0.25, -0.2) is 0 Å². The summed E-state index contributed by atoms with van der Waals surface area (Å²) in [6.07, 6.45) is -0.337. The van der Waals surface area contributed by atoms with Gasteiger partial charge in [0.05, 0.1) is 32.3 Å². The molecule has 3 rings (SSSR count). The van der Waals surface area contributed by atoms with Gasteiger partial charge in [0.15, 0.2) is 11.5 Å². The zero-order chi connectivity index (χ0) is 22.7. The third kappa shape index (κ3) is 4.30. The number of benzene rings is 2. The van der Waals surface area contributed by atoms with Crippen molar-refractivity contribution < 1.29 is 33.7 Å². The third-order valence-corrected chi connectivity index (χ3v) is 5.03. The Morgan fingerprint density at radius 1 is 0.968 bits per heavy atom. The highest BCUT2D eigenvalue weighted by Gasteiger charge is 2.38. The smallest absolute Gasteiger partial charge is 0.306 e. The molecule has 31 heavy (non-hydrogen) atoms. The van der Waals surface area contributed by atoms with Gasteiger partial charge >= 0.3 is 5.97 Å². The molecule has 0 saturated heterocycles. The van der Waals surface area contributed by atoms with Crippen LogP contribution in [0.5, 0.6) is 11.5 Å². The molecule has 0 aromatic heterocycles. The zero-order valence-electron chi connectivity index (χ0n) is 17.8. The van der Waals surface area contributed by atoms with Crippen LogP contribution in [0.4, 0.5) is 0 Å². The molecule has 1 N–H and O–H groups in total. The molecule has 2 aromatic rings. The molecule has 1 atom stereocenters. The Bertz CT molecular complexity index is 1070. The summed E-state index contributed by atoms with van der Waals surface area (Å²) in [5, 5.41) is 10.9. The number of rotatable bonds is 7. The van der Waals surface area contributed by atoms with Gasteiger partial charge in [-0.2, -0.15) is 0 Å². The van der Waals surface area contributed by atoms with E-state index >= 15 is 0 Å². The molecule has 0 amide bonds. The van der Waals surface area contributed by atoms with Crippen LogP contribution in [-0.2, 0) is 14.3 Å². The summed E-state index contributed by atoms with van der Waals surface area (Å²) in [5.74, 6) is -2.53. The van der Waals surface area contributed by atoms with Crippen molar-refractivity contribution in [1.29, 1.82) is 0 Å². The van der Waals surface area contributed by atoms with E-state index in [2.05, 4.69) is 0 Å². The molecule has 0 bridgehead atoms. The average Bonchev–Trinajstić information content (AvgIpc) is 2.76. The van der Waals surface area contributed by atoms with Crippen LogP contribution < -0.4 is 9.47 Å². The third-order valence-electron chi connectivity index (χ3n) is 5.03. The number of fused-ring (bicyclic) bond motifs is 1. The highest BCUT2D eigenvalue weighted by atomic mass is 16.5. The standard InChI is InChI=1S/C24H24O7/c1-13(2)31-18-10-9-14(11-19(18)29-3)17(12-20(25)30-4)21-22(26)15-7-5-6-8-16(15)23(27)24(21)28/h5-11,13,17,26H,12H2,1-4H3/t17-/m0/s1. The van der Waals surface area contributed by atoms with Crippen molar-refractivity contribution in [3.8, 4) is 11.5 Å². The van der Waals surface area contributed by atoms with Crippen LogP contribution >= 0.6 is 0 Å². The Balaban J connectivity index is 2.18. The second-order valence-corrected chi connectivity index (χ2v) is 7.38. The van der Waals surface area contributed by atoms with Crippen LogP contribution in [0.15, 0.2) is 48.0 Å². The number of ether oxygens (including phenoxy) is 3. The lowest BCUT2D eigenvalue weighted by Gasteiger charge is -2.25. The van der Waals surface area contributed by atoms with Gasteiger partial charge in [-0.05, 0) is 31.5 Å². The number of carbonyl (C=O) groups excluding carboxylic acids is 3. The largest absolute Gasteiger partial charge is 0.507 e. The number of hydrogen-bond donors (Lipinski definition) is 1. The van der Waals surface area contributed by atoms with Gasteiger partial charge < -0.3 is 19.3 Å². The fourth-order valence-electron chi connectivity index (χ4n) is 3.60. The van der Waals surface area contributed by atoms with Gasteiger partial charge in [0.25, 0.3) is 0 Å². The highest BCUT2D eigenvalue weighted by molar-refractivity contribution is 6.52. The van der Waals surface area contributed by atoms with Gasteiger partial charge in [-0.1, -0.05) is 30.3 Å². The maximum absolute atomic E-state index is 13.0. The summed E-state index contributed by atoms with van der Waals surface area (Å²) in [6, 6.07) is 11.3. The van der Waals surface area contributed by atoms with E-state index in [1.54, 1.807) is 36.4 Å². The lowest BCUT2D eigenvalue weighted by Crippen LogP contribution is -2.28. The van der Waals surface area contributed by atoms with Crippen LogP contribution in [0.3, 0.4) is 0 Å². The van der Waals surface area contributed by atoms with E-state index in [-0.39, 0.29) is 35.0 Å². The van der Waals surface area contributed by atoms with Crippen LogP contribution in [0.25, 0.3) is 5.76 Å². The molecule has 0 radical (unpaired) electrons. The molecule has 0 spiro atoms. The first-order chi connectivity index (χ1) is 14.8. The number of carbonyl (C=O) groups is 3. The SMILES string of the molecule is COC(=O)C[C@H](C1=C(O)c2ccccc2C(=O)C1=O)c1ccc(OC(C)C)c(OC)c1. The number of aliphatic hydroxyl groups is 1. The van der Waals surface area contributed by atoms with E-state index in [0.717, 1.165) is 0 Å². The van der Waals surface area contributed by atoms with Gasteiger partial charge in [0, 0.05) is 17.0 Å². The van der Waals surface area contributed by atoms with Crippen LogP contribution in [0, 0.1) is 0 Å². The summed E-state index contributed by atoms with van der Waals surface area (Å²) in [4.78, 5) is 37.8. The van der Waals surface area contributed by atoms with Gasteiger partial charge in [0.2, 0.25) is 11.6 Å². The number of esters is 1. The molecular weight excluding hydrogens is 400 g/mol. The first-order valence-corrected chi connectivity index (χ1v) is 9.81. The Kier molecular flexibility index (Phi) is 6.44. The monoisotopic (exact) mass is 424 g/mol. The summed E-state index contributed by atoms with van der Waals surface area (Å²) >= 11 is 0. The van der Waals surface area contributed by atoms with Gasteiger partial charge in [0.1, 0.15) is 5.76 Å². The predicted molar refractivity (Wildman–Crippen MR) is 113 cm³/mol. The second kappa shape index (κ2) is 9.04. The van der Waals surface area contributed by atoms with Crippen molar-refractivity contribution in [2.75, 3.05) is 14.2 Å². The Hall–Kier alpha value is -3.61. The fraction of sp³-hybridized carbons (Fsp3) is 0.292. The van der Waals surface area contributed by atoms with Crippen molar-refractivity contribution in [3.05, 3.63) is 64.7 Å². The molecule has 0 saturated carbocycles. The summed E-state index contributed by atoms with van der Waals surface area (Å²) in [6.45, 7) is 3.75. The number of Topliss-reactive ketones (excluding diaryl/α,β-unsaturated/α-hetero) is 2. The molecule has 0 unspecified atom stereocenters. The van der Waals surface area contributed by atoms with Crippen LogP contribution in [-0.4, -0.2) is 43.0 Å². The molecule has 1 aliphatic carbocycles. The van der Waals surface area contributed by atoms with Crippen molar-refractivity contribution in [2.45, 2.75) is 32.3 Å². The number of allylic oxidation sites excluding steroid dienone is 1. The van der Waals surface area contributed by atoms with E-state index in [4.69, 9.17) is 14.2 Å². The topological polar surface area (TPSA) is 99.1 Å². The van der Waals surface area contributed by atoms with Gasteiger partial charge in [-0.15, -0.1) is 0 Å². The minimum atomic E-state index is -0.917. The van der Waals surface area contributed by atoms with E-state index in [1.807, 2.05) is 13.8 Å². The fourth-order valence-corrected chi connectivity index (χ4v) is 3.60. The molecule has 7 heteroatoms. The van der Waals surface area contributed by atoms with Gasteiger partial charge in [-0.3, -0.25) is 14.4 Å². The van der Waals surface area contributed by atoms with Crippen molar-refractivity contribution in [1.82, 2.24) is 0 Å². The number of methoxy groups -OCH3 is 2. The lowest BCUT2D eigenvalue weighted by molar-refractivity contribution is -0.140. The van der Waals surface area contributed by atoms with E-state index in [9.17, 15) is 19.5 Å². The second-order valence-electron chi connectivity index (χ2n) is 7.38. The van der Waals surface area contributed by atoms with Crippen molar-refractivity contribution >= 4 is 23.3 Å². The highest BCUT2D eigenvalue weighted by Crippen LogP contribution is 2.41. The molecule has 7 nitrogen and oxygen atoms in total. The molecular formula is C24H24O7. The number of hydrogen-bond acceptors (Lipinski definition) is 7. The van der Waals surface area contributed by atoms with Crippen LogP contribution in [0.1, 0.15) is 47.7 Å². The molecule has 1 aliphatic rings. The maximum Gasteiger partial charge on any atom is 0.306 e. The Morgan fingerprint density at radius 3 is 2.26 bits per heavy atom. The van der Waals surface area contributed by atoms with E-state index in [1.165, 1.54) is 20.3 Å². The molecule has 0 fully saturated rings. The first-order valence-electron chi connectivity index (χ1n) is 9.81. The average molecular weight is 424 g/mol. The lowest BCUT2D eigenvalue weighted by atomic mass is 9.78. The minimum absolute atomic E-state index is 0.0913. The zero-order valence-corrected chi connectivity index (χ0v) is 17.8. The predicted octanol–water partition coefficient (Wildman–Crippen LogP) is 3.86. The maximum atomic E-state index is 13.0. The summed E-state index contributed by atoms with van der Waals surface area (Å²) in [7, 11) is 2.71. The summed E-state index contributed by atoms with van der Waals surface area (Å²) < 4.78 is 15.9. The van der Waals surface area contributed by atoms with E-state index < -0.39 is 23.5 Å². The molecule has 0 aliphatic heterocycles. The minimum Gasteiger partial charge on any atom is -0.507 e. The molecule has 0 heterocycles. The van der Waals surface area contributed by atoms with Crippen molar-refractivity contribution in [3.63, 3.8) is 0 Å². The normalized spacial score (nSPS) is 14.4. The first kappa shape index (κ1) is 22.1. The van der Waals surface area contributed by atoms with Crippen molar-refractivity contribution in [2.24, 2.45) is 0 Å².